The number of nitrogens with zero attached hydrogens (tertiary/aromatic N) is 1. The van der Waals surface area contributed by atoms with Crippen molar-refractivity contribution in [3.63, 3.8) is 0 Å². The third-order valence-corrected chi connectivity index (χ3v) is 2.79. The van der Waals surface area contributed by atoms with Crippen LogP contribution in [0.1, 0.15) is 0 Å². The summed E-state index contributed by atoms with van der Waals surface area (Å²) in [6.45, 7) is 0. The minimum Gasteiger partial charge on any atom is -0.453 e. The number of anilines is 3. The van der Waals surface area contributed by atoms with E-state index in [1.54, 1.807) is 12.3 Å². The summed E-state index contributed by atoms with van der Waals surface area (Å²) >= 11 is 3.41. The number of methoxy groups -OCH3 is 1. The molecule has 0 unspecified atom stereocenters. The summed E-state index contributed by atoms with van der Waals surface area (Å²) in [6.07, 6.45) is 1.09. The number of amides is 1. The van der Waals surface area contributed by atoms with Gasteiger partial charge in [-0.1, -0.05) is 22.0 Å². The molecule has 0 aliphatic rings. The van der Waals surface area contributed by atoms with Gasteiger partial charge in [0.2, 0.25) is 0 Å². The molecular weight excluding hydrogens is 310 g/mol. The topological polar surface area (TPSA) is 63.2 Å². The van der Waals surface area contributed by atoms with Crippen molar-refractivity contribution in [2.45, 2.75) is 0 Å². The number of carbonyl (C=O) groups is 1. The standard InChI is InChI=1S/C13H12BrN3O2/c1-19-13(18)17-12-6-5-11(8-15-12)16-10-4-2-3-9(14)7-10/h2-8,16H,1H3,(H,15,17,18). The molecule has 0 atom stereocenters. The van der Waals surface area contributed by atoms with Gasteiger partial charge in [-0.3, -0.25) is 5.32 Å². The summed E-state index contributed by atoms with van der Waals surface area (Å²) in [4.78, 5) is 15.1. The first-order valence-electron chi connectivity index (χ1n) is 5.51. The molecule has 0 saturated carbocycles. The van der Waals surface area contributed by atoms with Gasteiger partial charge in [-0.05, 0) is 30.3 Å². The van der Waals surface area contributed by atoms with E-state index in [1.807, 2.05) is 30.3 Å². The lowest BCUT2D eigenvalue weighted by atomic mass is 10.3. The molecule has 2 N–H and O–H groups in total. The van der Waals surface area contributed by atoms with Gasteiger partial charge in [0.25, 0.3) is 0 Å². The molecule has 2 aromatic rings. The van der Waals surface area contributed by atoms with Crippen molar-refractivity contribution in [3.05, 3.63) is 47.1 Å². The number of pyridine rings is 1. The lowest BCUT2D eigenvalue weighted by molar-refractivity contribution is 0.187. The summed E-state index contributed by atoms with van der Waals surface area (Å²) in [5.74, 6) is 0.437. The normalized spacial score (nSPS) is 9.79. The highest BCUT2D eigenvalue weighted by molar-refractivity contribution is 9.10. The molecule has 6 heteroatoms. The molecule has 0 aliphatic heterocycles. The maximum Gasteiger partial charge on any atom is 0.412 e. The summed E-state index contributed by atoms with van der Waals surface area (Å²) in [5, 5.41) is 5.69. The quantitative estimate of drug-likeness (QED) is 0.903. The van der Waals surface area contributed by atoms with Gasteiger partial charge >= 0.3 is 6.09 Å². The summed E-state index contributed by atoms with van der Waals surface area (Å²) in [7, 11) is 1.30. The molecule has 19 heavy (non-hydrogen) atoms. The highest BCUT2D eigenvalue weighted by Crippen LogP contribution is 2.20. The van der Waals surface area contributed by atoms with Crippen LogP contribution in [0.2, 0.25) is 0 Å². The Labute approximate surface area is 119 Å². The molecular formula is C13H12BrN3O2. The Kier molecular flexibility index (Phi) is 4.35. The number of hydrogen-bond donors (Lipinski definition) is 2. The lowest BCUT2D eigenvalue weighted by Crippen LogP contribution is -2.11. The Hall–Kier alpha value is -2.08. The van der Waals surface area contributed by atoms with Crippen molar-refractivity contribution < 1.29 is 9.53 Å². The number of hydrogen-bond acceptors (Lipinski definition) is 4. The van der Waals surface area contributed by atoms with Gasteiger partial charge < -0.3 is 10.1 Å². The van der Waals surface area contributed by atoms with E-state index in [1.165, 1.54) is 7.11 Å². The molecule has 0 spiro atoms. The molecule has 0 saturated heterocycles. The minimum absolute atomic E-state index is 0.437. The molecule has 1 aromatic carbocycles. The molecule has 1 aromatic heterocycles. The van der Waals surface area contributed by atoms with Crippen LogP contribution >= 0.6 is 15.9 Å². The third-order valence-electron chi connectivity index (χ3n) is 2.29. The molecule has 2 rings (SSSR count). The van der Waals surface area contributed by atoms with E-state index in [0.29, 0.717) is 5.82 Å². The maximum atomic E-state index is 11.0. The van der Waals surface area contributed by atoms with E-state index in [-0.39, 0.29) is 0 Å². The van der Waals surface area contributed by atoms with Gasteiger partial charge in [0.1, 0.15) is 5.82 Å². The fourth-order valence-electron chi connectivity index (χ4n) is 1.43. The smallest absolute Gasteiger partial charge is 0.412 e. The number of rotatable bonds is 3. The average Bonchev–Trinajstić information content (AvgIpc) is 2.41. The predicted octanol–water partition coefficient (Wildman–Crippen LogP) is 3.77. The number of benzene rings is 1. The number of carbonyl (C=O) groups excluding carboxylic acids is 1. The first-order chi connectivity index (χ1) is 9.17. The SMILES string of the molecule is COC(=O)Nc1ccc(Nc2cccc(Br)c2)cn1. The Balaban J connectivity index is 2.04. The lowest BCUT2D eigenvalue weighted by Gasteiger charge is -2.07. The molecule has 98 valence electrons. The second-order valence-electron chi connectivity index (χ2n) is 3.68. The summed E-state index contributed by atoms with van der Waals surface area (Å²) < 4.78 is 5.48. The fourth-order valence-corrected chi connectivity index (χ4v) is 1.83. The molecule has 1 heterocycles. The number of ether oxygens (including phenoxy) is 1. The van der Waals surface area contributed by atoms with Crippen molar-refractivity contribution in [2.24, 2.45) is 0 Å². The van der Waals surface area contributed by atoms with Gasteiger partial charge in [0.15, 0.2) is 0 Å². The number of aromatic nitrogens is 1. The molecule has 5 nitrogen and oxygen atoms in total. The average molecular weight is 322 g/mol. The second kappa shape index (κ2) is 6.19. The zero-order valence-corrected chi connectivity index (χ0v) is 11.8. The molecule has 0 aliphatic carbocycles. The van der Waals surface area contributed by atoms with E-state index in [4.69, 9.17) is 0 Å². The zero-order valence-electron chi connectivity index (χ0n) is 10.2. The van der Waals surface area contributed by atoms with Crippen molar-refractivity contribution in [2.75, 3.05) is 17.7 Å². The third kappa shape index (κ3) is 3.96. The van der Waals surface area contributed by atoms with Gasteiger partial charge in [-0.25, -0.2) is 9.78 Å². The van der Waals surface area contributed by atoms with Crippen LogP contribution < -0.4 is 10.6 Å². The van der Waals surface area contributed by atoms with Crippen molar-refractivity contribution in [1.29, 1.82) is 0 Å². The number of nitrogens with one attached hydrogen (secondary N) is 2. The number of halogens is 1. The second-order valence-corrected chi connectivity index (χ2v) is 4.60. The van der Waals surface area contributed by atoms with Gasteiger partial charge in [-0.2, -0.15) is 0 Å². The van der Waals surface area contributed by atoms with Crippen LogP contribution in [0.15, 0.2) is 47.1 Å². The van der Waals surface area contributed by atoms with E-state index in [9.17, 15) is 4.79 Å². The Morgan fingerprint density at radius 2 is 2.11 bits per heavy atom. The zero-order chi connectivity index (χ0) is 13.7. The monoisotopic (exact) mass is 321 g/mol. The van der Waals surface area contributed by atoms with Crippen LogP contribution in [0.3, 0.4) is 0 Å². The van der Waals surface area contributed by atoms with Gasteiger partial charge in [-0.15, -0.1) is 0 Å². The molecule has 1 amide bonds. The van der Waals surface area contributed by atoms with E-state index in [0.717, 1.165) is 15.8 Å². The molecule has 0 fully saturated rings. The molecule has 0 radical (unpaired) electrons. The first-order valence-corrected chi connectivity index (χ1v) is 6.30. The van der Waals surface area contributed by atoms with Crippen LogP contribution in [-0.4, -0.2) is 18.2 Å². The van der Waals surface area contributed by atoms with Crippen LogP contribution in [-0.2, 0) is 4.74 Å². The fraction of sp³-hybridized carbons (Fsp3) is 0.0769. The van der Waals surface area contributed by atoms with Crippen LogP contribution in [0, 0.1) is 0 Å². The minimum atomic E-state index is -0.541. The van der Waals surface area contributed by atoms with Crippen molar-refractivity contribution in [1.82, 2.24) is 4.98 Å². The Bertz CT molecular complexity index is 572. The van der Waals surface area contributed by atoms with Gasteiger partial charge in [0.05, 0.1) is 19.0 Å². The summed E-state index contributed by atoms with van der Waals surface area (Å²) in [5.41, 5.74) is 1.78. The Morgan fingerprint density at radius 1 is 1.26 bits per heavy atom. The highest BCUT2D eigenvalue weighted by atomic mass is 79.9. The van der Waals surface area contributed by atoms with E-state index in [2.05, 4.69) is 36.3 Å². The van der Waals surface area contributed by atoms with Crippen LogP contribution in [0.4, 0.5) is 22.0 Å². The first kappa shape index (κ1) is 13.4. The maximum absolute atomic E-state index is 11.0. The molecule has 0 bridgehead atoms. The largest absolute Gasteiger partial charge is 0.453 e. The van der Waals surface area contributed by atoms with Crippen LogP contribution in [0.25, 0.3) is 0 Å². The van der Waals surface area contributed by atoms with Gasteiger partial charge in [0, 0.05) is 10.2 Å². The highest BCUT2D eigenvalue weighted by Gasteiger charge is 2.02. The predicted molar refractivity (Wildman–Crippen MR) is 77.7 cm³/mol. The summed E-state index contributed by atoms with van der Waals surface area (Å²) in [6, 6.07) is 11.3. The van der Waals surface area contributed by atoms with Crippen LogP contribution in [0.5, 0.6) is 0 Å². The Morgan fingerprint density at radius 3 is 2.74 bits per heavy atom. The van der Waals surface area contributed by atoms with E-state index >= 15 is 0 Å². The van der Waals surface area contributed by atoms with Crippen molar-refractivity contribution >= 4 is 39.2 Å². The van der Waals surface area contributed by atoms with Crippen molar-refractivity contribution in [3.8, 4) is 0 Å². The van der Waals surface area contributed by atoms with E-state index < -0.39 is 6.09 Å².